The molecule has 0 bridgehead atoms. The van der Waals surface area contributed by atoms with Crippen molar-refractivity contribution >= 4 is 29.3 Å². The fourth-order valence-electron chi connectivity index (χ4n) is 2.65. The van der Waals surface area contributed by atoms with Crippen LogP contribution < -0.4 is 10.1 Å². The van der Waals surface area contributed by atoms with E-state index >= 15 is 0 Å². The van der Waals surface area contributed by atoms with Crippen LogP contribution in [0.5, 0.6) is 5.75 Å². The molecule has 0 aromatic heterocycles. The van der Waals surface area contributed by atoms with Crippen LogP contribution in [0.2, 0.25) is 5.02 Å². The molecule has 0 aliphatic rings. The highest BCUT2D eigenvalue weighted by Gasteiger charge is 2.21. The molecule has 2 atom stereocenters. The fourth-order valence-corrected chi connectivity index (χ4v) is 3.65. The van der Waals surface area contributed by atoms with Gasteiger partial charge in [-0.1, -0.05) is 37.6 Å². The summed E-state index contributed by atoms with van der Waals surface area (Å²) in [6, 6.07) is 15.4. The molecule has 3 nitrogen and oxygen atoms in total. The van der Waals surface area contributed by atoms with Gasteiger partial charge in [-0.25, -0.2) is 0 Å². The third kappa shape index (κ3) is 6.26. The number of rotatable bonds is 8. The van der Waals surface area contributed by atoms with Gasteiger partial charge in [0.1, 0.15) is 5.75 Å². The molecule has 0 fully saturated rings. The Kier molecular flexibility index (Phi) is 7.85. The first-order valence-corrected chi connectivity index (χ1v) is 10.0. The summed E-state index contributed by atoms with van der Waals surface area (Å²) in [4.78, 5) is 13.7. The van der Waals surface area contributed by atoms with E-state index in [2.05, 4.69) is 19.2 Å². The molecule has 2 rings (SSSR count). The lowest BCUT2D eigenvalue weighted by molar-refractivity contribution is -0.121. The molecular formula is C21H26ClNO2S. The van der Waals surface area contributed by atoms with Crippen LogP contribution in [0.3, 0.4) is 0 Å². The van der Waals surface area contributed by atoms with Crippen LogP contribution in [0.4, 0.5) is 0 Å². The Hall–Kier alpha value is -1.65. The van der Waals surface area contributed by atoms with Crippen LogP contribution in [-0.2, 0) is 4.79 Å². The monoisotopic (exact) mass is 391 g/mol. The smallest absolute Gasteiger partial charge is 0.233 e. The van der Waals surface area contributed by atoms with E-state index in [1.165, 1.54) is 11.8 Å². The maximum atomic E-state index is 12.7. The van der Waals surface area contributed by atoms with Crippen LogP contribution in [-0.4, -0.2) is 18.3 Å². The normalized spacial score (nSPS) is 13.3. The molecule has 0 radical (unpaired) electrons. The largest absolute Gasteiger partial charge is 0.497 e. The first kappa shape index (κ1) is 20.7. The quantitative estimate of drug-likeness (QED) is 0.583. The van der Waals surface area contributed by atoms with Gasteiger partial charge in [0.2, 0.25) is 5.91 Å². The number of ether oxygens (including phenoxy) is 1. The van der Waals surface area contributed by atoms with Crippen molar-refractivity contribution in [3.05, 3.63) is 59.1 Å². The molecule has 0 aliphatic heterocycles. The van der Waals surface area contributed by atoms with E-state index in [9.17, 15) is 4.79 Å². The second kappa shape index (κ2) is 9.89. The summed E-state index contributed by atoms with van der Waals surface area (Å²) in [5.74, 6) is 1.32. The summed E-state index contributed by atoms with van der Waals surface area (Å²) in [5, 5.41) is 3.71. The summed E-state index contributed by atoms with van der Waals surface area (Å²) < 4.78 is 5.22. The van der Waals surface area contributed by atoms with Gasteiger partial charge in [-0.05, 0) is 61.2 Å². The topological polar surface area (TPSA) is 38.3 Å². The predicted octanol–water partition coefficient (Wildman–Crippen LogP) is 5.73. The predicted molar refractivity (Wildman–Crippen MR) is 110 cm³/mol. The molecule has 0 unspecified atom stereocenters. The average molecular weight is 392 g/mol. The number of amides is 1. The number of methoxy groups -OCH3 is 1. The van der Waals surface area contributed by atoms with Crippen LogP contribution in [0.15, 0.2) is 53.4 Å². The van der Waals surface area contributed by atoms with Gasteiger partial charge in [0.25, 0.3) is 0 Å². The third-order valence-corrected chi connectivity index (χ3v) is 5.40. The van der Waals surface area contributed by atoms with Crippen molar-refractivity contribution in [3.8, 4) is 5.75 Å². The third-order valence-electron chi connectivity index (χ3n) is 4.04. The Morgan fingerprint density at radius 2 is 1.69 bits per heavy atom. The molecule has 2 aromatic rings. The van der Waals surface area contributed by atoms with E-state index in [4.69, 9.17) is 16.3 Å². The summed E-state index contributed by atoms with van der Waals surface area (Å²) in [5.41, 5.74) is 1.09. The van der Waals surface area contributed by atoms with Crippen molar-refractivity contribution in [2.45, 2.75) is 43.4 Å². The number of thioether (sulfide) groups is 1. The Bertz CT molecular complexity index is 701. The minimum absolute atomic E-state index is 0.0123. The van der Waals surface area contributed by atoms with Crippen LogP contribution in [0.25, 0.3) is 0 Å². The number of hydrogen-bond donors (Lipinski definition) is 1. The van der Waals surface area contributed by atoms with Gasteiger partial charge in [-0.3, -0.25) is 4.79 Å². The summed E-state index contributed by atoms with van der Waals surface area (Å²) in [6.45, 7) is 6.25. The van der Waals surface area contributed by atoms with Crippen molar-refractivity contribution in [3.63, 3.8) is 0 Å². The average Bonchev–Trinajstić information content (AvgIpc) is 2.62. The summed E-state index contributed by atoms with van der Waals surface area (Å²) in [6.07, 6.45) is 0.885. The van der Waals surface area contributed by atoms with Crippen LogP contribution in [0.1, 0.15) is 38.8 Å². The fraction of sp³-hybridized carbons (Fsp3) is 0.381. The number of carbonyl (C=O) groups excluding carboxylic acids is 1. The maximum Gasteiger partial charge on any atom is 0.233 e. The minimum atomic E-state index is -0.191. The second-order valence-electron chi connectivity index (χ2n) is 6.68. The highest BCUT2D eigenvalue weighted by Crippen LogP contribution is 2.27. The molecule has 0 aliphatic carbocycles. The van der Waals surface area contributed by atoms with Crippen molar-refractivity contribution < 1.29 is 9.53 Å². The molecule has 26 heavy (non-hydrogen) atoms. The molecule has 0 saturated carbocycles. The zero-order valence-corrected chi connectivity index (χ0v) is 17.2. The van der Waals surface area contributed by atoms with Gasteiger partial charge in [0, 0.05) is 9.92 Å². The molecule has 1 amide bonds. The summed E-state index contributed by atoms with van der Waals surface area (Å²) in [7, 11) is 1.65. The van der Waals surface area contributed by atoms with E-state index in [-0.39, 0.29) is 17.2 Å². The van der Waals surface area contributed by atoms with Crippen molar-refractivity contribution in [1.29, 1.82) is 0 Å². The Labute approximate surface area is 165 Å². The van der Waals surface area contributed by atoms with Crippen LogP contribution >= 0.6 is 23.4 Å². The molecular weight excluding hydrogens is 366 g/mol. The SMILES string of the molecule is COc1ccc([C@H](CC(C)C)NC(=O)[C@H](C)Sc2ccc(Cl)cc2)cc1. The van der Waals surface area contributed by atoms with E-state index in [1.54, 1.807) is 7.11 Å². The number of halogens is 1. The first-order valence-electron chi connectivity index (χ1n) is 8.75. The number of nitrogens with one attached hydrogen (secondary N) is 1. The van der Waals surface area contributed by atoms with E-state index in [0.29, 0.717) is 10.9 Å². The maximum absolute atomic E-state index is 12.7. The van der Waals surface area contributed by atoms with Gasteiger partial charge in [0.15, 0.2) is 0 Å². The zero-order chi connectivity index (χ0) is 19.1. The zero-order valence-electron chi connectivity index (χ0n) is 15.7. The molecule has 140 valence electrons. The van der Waals surface area contributed by atoms with Gasteiger partial charge < -0.3 is 10.1 Å². The standard InChI is InChI=1S/C21H26ClNO2S/c1-14(2)13-20(16-5-9-18(25-4)10-6-16)23-21(24)15(3)26-19-11-7-17(22)8-12-19/h5-12,14-15,20H,13H2,1-4H3,(H,23,24)/t15-,20-/m0/s1. The Morgan fingerprint density at radius 3 is 2.23 bits per heavy atom. The second-order valence-corrected chi connectivity index (χ2v) is 8.53. The minimum Gasteiger partial charge on any atom is -0.497 e. The molecule has 1 N–H and O–H groups in total. The highest BCUT2D eigenvalue weighted by atomic mass is 35.5. The van der Waals surface area contributed by atoms with Gasteiger partial charge >= 0.3 is 0 Å². The summed E-state index contributed by atoms with van der Waals surface area (Å²) >= 11 is 7.45. The van der Waals surface area contributed by atoms with E-state index in [1.807, 2.05) is 55.5 Å². The van der Waals surface area contributed by atoms with E-state index < -0.39 is 0 Å². The van der Waals surface area contributed by atoms with Gasteiger partial charge in [-0.2, -0.15) is 0 Å². The lowest BCUT2D eigenvalue weighted by atomic mass is 9.96. The van der Waals surface area contributed by atoms with Gasteiger partial charge in [0.05, 0.1) is 18.4 Å². The Morgan fingerprint density at radius 1 is 1.08 bits per heavy atom. The van der Waals surface area contributed by atoms with E-state index in [0.717, 1.165) is 22.6 Å². The molecule has 0 spiro atoms. The highest BCUT2D eigenvalue weighted by molar-refractivity contribution is 8.00. The number of benzene rings is 2. The van der Waals surface area contributed by atoms with Crippen molar-refractivity contribution in [2.24, 2.45) is 5.92 Å². The molecule has 0 heterocycles. The lowest BCUT2D eigenvalue weighted by Crippen LogP contribution is -2.35. The lowest BCUT2D eigenvalue weighted by Gasteiger charge is -2.23. The number of carbonyl (C=O) groups is 1. The first-order chi connectivity index (χ1) is 12.4. The van der Waals surface area contributed by atoms with Crippen molar-refractivity contribution in [1.82, 2.24) is 5.32 Å². The molecule has 5 heteroatoms. The molecule has 0 saturated heterocycles. The van der Waals surface area contributed by atoms with Gasteiger partial charge in [-0.15, -0.1) is 11.8 Å². The Balaban J connectivity index is 2.05. The van der Waals surface area contributed by atoms with Crippen molar-refractivity contribution in [2.75, 3.05) is 7.11 Å². The van der Waals surface area contributed by atoms with Crippen LogP contribution in [0, 0.1) is 5.92 Å². The molecule has 2 aromatic carbocycles. The number of hydrogen-bond acceptors (Lipinski definition) is 3.